The van der Waals surface area contributed by atoms with Gasteiger partial charge >= 0.3 is 0 Å². The highest BCUT2D eigenvalue weighted by Crippen LogP contribution is 2.27. The minimum atomic E-state index is -0.0503. The van der Waals surface area contributed by atoms with Crippen LogP contribution in [0.1, 0.15) is 5.56 Å². The second-order valence-corrected chi connectivity index (χ2v) is 9.54. The van der Waals surface area contributed by atoms with Gasteiger partial charge in [-0.15, -0.1) is 5.10 Å². The third-order valence-electron chi connectivity index (χ3n) is 3.90. The minimum absolute atomic E-state index is 0.0503. The average Bonchev–Trinajstić information content (AvgIpc) is 3.09. The summed E-state index contributed by atoms with van der Waals surface area (Å²) in [6.45, 7) is 0.569. The lowest BCUT2D eigenvalue weighted by molar-refractivity contribution is -0.118. The molecule has 0 bridgehead atoms. The van der Waals surface area contributed by atoms with Crippen LogP contribution in [0.5, 0.6) is 5.75 Å². The zero-order valence-electron chi connectivity index (χ0n) is 15.4. The number of methoxy groups -OCH3 is 1. The number of nitrogens with one attached hydrogen (secondary N) is 1. The number of hydrogen-bond acceptors (Lipinski definition) is 6. The highest BCUT2D eigenvalue weighted by Gasteiger charge is 2.10. The van der Waals surface area contributed by atoms with E-state index < -0.39 is 0 Å². The van der Waals surface area contributed by atoms with Crippen LogP contribution in [0.3, 0.4) is 0 Å². The number of benzene rings is 2. The van der Waals surface area contributed by atoms with Gasteiger partial charge in [0.05, 0.1) is 28.6 Å². The smallest absolute Gasteiger partial charge is 0.230 e. The lowest BCUT2D eigenvalue weighted by atomic mass is 10.1. The third-order valence-corrected chi connectivity index (χ3v) is 7.00. The van der Waals surface area contributed by atoms with Crippen LogP contribution < -0.4 is 10.1 Å². The van der Waals surface area contributed by atoms with E-state index >= 15 is 0 Å². The summed E-state index contributed by atoms with van der Waals surface area (Å²) < 4.78 is 8.04. The van der Waals surface area contributed by atoms with Crippen LogP contribution >= 0.6 is 58.5 Å². The molecular weight excluding hydrogens is 469 g/mol. The summed E-state index contributed by atoms with van der Waals surface area (Å²) in [5, 5.41) is 8.29. The molecular formula is C19H17Cl2N3O2S3. The van der Waals surface area contributed by atoms with E-state index in [1.165, 1.54) is 23.1 Å². The molecule has 1 N–H and O–H groups in total. The first kappa shape index (κ1) is 22.1. The number of ether oxygens (including phenoxy) is 1. The lowest BCUT2D eigenvalue weighted by Gasteiger charge is -2.05. The molecule has 1 aromatic heterocycles. The van der Waals surface area contributed by atoms with E-state index in [1.807, 2.05) is 24.3 Å². The number of carbonyl (C=O) groups excluding carboxylic acids is 1. The number of thioether (sulfide) groups is 1. The van der Waals surface area contributed by atoms with Crippen LogP contribution in [0.2, 0.25) is 10.0 Å². The van der Waals surface area contributed by atoms with Crippen LogP contribution in [0.4, 0.5) is 0 Å². The van der Waals surface area contributed by atoms with Gasteiger partial charge in [-0.05, 0) is 54.5 Å². The fourth-order valence-electron chi connectivity index (χ4n) is 2.42. The van der Waals surface area contributed by atoms with E-state index in [0.29, 0.717) is 24.9 Å². The number of aromatic nitrogens is 2. The van der Waals surface area contributed by atoms with E-state index in [-0.39, 0.29) is 11.7 Å². The Hall–Kier alpha value is -1.58. The van der Waals surface area contributed by atoms with Gasteiger partial charge in [0.15, 0.2) is 8.29 Å². The van der Waals surface area contributed by atoms with Gasteiger partial charge in [-0.1, -0.05) is 58.4 Å². The molecule has 29 heavy (non-hydrogen) atoms. The highest BCUT2D eigenvalue weighted by atomic mass is 35.5. The third kappa shape index (κ3) is 6.20. The molecule has 1 amide bonds. The van der Waals surface area contributed by atoms with Crippen LogP contribution in [0, 0.1) is 3.95 Å². The van der Waals surface area contributed by atoms with Crippen LogP contribution in [-0.4, -0.2) is 35.1 Å². The number of amides is 1. The Morgan fingerprint density at radius 1 is 1.24 bits per heavy atom. The van der Waals surface area contributed by atoms with Crippen molar-refractivity contribution >= 4 is 64.4 Å². The maximum atomic E-state index is 12.1. The first-order valence-electron chi connectivity index (χ1n) is 8.54. The summed E-state index contributed by atoms with van der Waals surface area (Å²) in [7, 11) is 1.64. The Balaban J connectivity index is 1.50. The fraction of sp³-hybridized carbons (Fsp3) is 0.211. The van der Waals surface area contributed by atoms with Gasteiger partial charge in [0.2, 0.25) is 5.91 Å². The fourth-order valence-corrected chi connectivity index (χ4v) is 4.90. The topological polar surface area (TPSA) is 56.1 Å². The maximum Gasteiger partial charge on any atom is 0.230 e. The van der Waals surface area contributed by atoms with Crippen molar-refractivity contribution in [1.29, 1.82) is 0 Å². The molecule has 0 saturated heterocycles. The molecule has 10 heteroatoms. The van der Waals surface area contributed by atoms with Gasteiger partial charge in [0, 0.05) is 6.54 Å². The zero-order chi connectivity index (χ0) is 20.8. The minimum Gasteiger partial charge on any atom is -0.497 e. The molecule has 2 aromatic carbocycles. The van der Waals surface area contributed by atoms with E-state index in [4.69, 9.17) is 40.2 Å². The largest absolute Gasteiger partial charge is 0.497 e. The van der Waals surface area contributed by atoms with Crippen molar-refractivity contribution in [3.8, 4) is 11.4 Å². The molecule has 0 aliphatic rings. The van der Waals surface area contributed by atoms with E-state index in [2.05, 4.69) is 10.4 Å². The number of hydrogen-bond donors (Lipinski definition) is 1. The van der Waals surface area contributed by atoms with Gasteiger partial charge in [0.1, 0.15) is 5.75 Å². The normalized spacial score (nSPS) is 10.7. The molecule has 3 aromatic rings. The van der Waals surface area contributed by atoms with E-state index in [9.17, 15) is 4.79 Å². The van der Waals surface area contributed by atoms with Gasteiger partial charge in [-0.25, -0.2) is 4.68 Å². The second kappa shape index (κ2) is 10.4. The predicted octanol–water partition coefficient (Wildman–Crippen LogP) is 5.43. The molecule has 3 rings (SSSR count). The monoisotopic (exact) mass is 485 g/mol. The van der Waals surface area contributed by atoms with Gasteiger partial charge in [-0.3, -0.25) is 4.79 Å². The van der Waals surface area contributed by atoms with Crippen molar-refractivity contribution in [1.82, 2.24) is 15.1 Å². The van der Waals surface area contributed by atoms with Gasteiger partial charge in [0.25, 0.3) is 0 Å². The number of halogens is 2. The van der Waals surface area contributed by atoms with Crippen molar-refractivity contribution < 1.29 is 9.53 Å². The standard InChI is InChI=1S/C19H17Cl2N3O2S3/c1-26-14-5-2-12(3-6-14)8-9-22-17(25)11-28-18-23-24(19(27)29-18)13-4-7-15(20)16(21)10-13/h2-7,10H,8-9,11H2,1H3,(H,22,25). The van der Waals surface area contributed by atoms with Crippen molar-refractivity contribution in [3.05, 3.63) is 62.0 Å². The van der Waals surface area contributed by atoms with Gasteiger partial charge in [-0.2, -0.15) is 0 Å². The summed E-state index contributed by atoms with van der Waals surface area (Å²) >= 11 is 20.1. The molecule has 0 radical (unpaired) electrons. The summed E-state index contributed by atoms with van der Waals surface area (Å²) in [4.78, 5) is 12.1. The highest BCUT2D eigenvalue weighted by molar-refractivity contribution is 8.01. The molecule has 0 spiro atoms. The molecule has 0 fully saturated rings. The molecule has 0 saturated carbocycles. The van der Waals surface area contributed by atoms with Crippen molar-refractivity contribution in [3.63, 3.8) is 0 Å². The molecule has 5 nitrogen and oxygen atoms in total. The Morgan fingerprint density at radius 3 is 2.69 bits per heavy atom. The van der Waals surface area contributed by atoms with Crippen LogP contribution in [-0.2, 0) is 11.2 Å². The molecule has 152 valence electrons. The zero-order valence-corrected chi connectivity index (χ0v) is 19.3. The van der Waals surface area contributed by atoms with Crippen molar-refractivity contribution in [2.75, 3.05) is 19.4 Å². The molecule has 0 atom stereocenters. The summed E-state index contributed by atoms with van der Waals surface area (Å²) in [6, 6.07) is 13.0. The Labute approximate surface area is 192 Å². The maximum absolute atomic E-state index is 12.1. The molecule has 0 unspecified atom stereocenters. The van der Waals surface area contributed by atoms with E-state index in [1.54, 1.807) is 30.0 Å². The second-order valence-electron chi connectivity index (χ2n) is 5.88. The summed E-state index contributed by atoms with van der Waals surface area (Å²) in [6.07, 6.45) is 0.755. The number of nitrogens with zero attached hydrogens (tertiary/aromatic N) is 2. The summed E-state index contributed by atoms with van der Waals surface area (Å²) in [5.41, 5.74) is 1.87. The summed E-state index contributed by atoms with van der Waals surface area (Å²) in [5.74, 6) is 1.04. The van der Waals surface area contributed by atoms with E-state index in [0.717, 1.165) is 23.4 Å². The quantitative estimate of drug-likeness (QED) is 0.340. The number of rotatable bonds is 8. The molecule has 0 aliphatic carbocycles. The predicted molar refractivity (Wildman–Crippen MR) is 123 cm³/mol. The first-order chi connectivity index (χ1) is 14.0. The van der Waals surface area contributed by atoms with Crippen LogP contribution in [0.15, 0.2) is 46.8 Å². The molecule has 1 heterocycles. The van der Waals surface area contributed by atoms with Crippen molar-refractivity contribution in [2.24, 2.45) is 0 Å². The lowest BCUT2D eigenvalue weighted by Crippen LogP contribution is -2.27. The number of carbonyl (C=O) groups is 1. The van der Waals surface area contributed by atoms with Gasteiger partial charge < -0.3 is 10.1 Å². The SMILES string of the molecule is COc1ccc(CCNC(=O)CSc2nn(-c3ccc(Cl)c(Cl)c3)c(=S)s2)cc1. The average molecular weight is 486 g/mol. The first-order valence-corrected chi connectivity index (χ1v) is 11.5. The van der Waals surface area contributed by atoms with Crippen LogP contribution in [0.25, 0.3) is 5.69 Å². The molecule has 0 aliphatic heterocycles. The Kier molecular flexibility index (Phi) is 7.97. The Bertz CT molecular complexity index is 1050. The Morgan fingerprint density at radius 2 is 2.00 bits per heavy atom. The van der Waals surface area contributed by atoms with Crippen molar-refractivity contribution in [2.45, 2.75) is 10.8 Å².